The topological polar surface area (TPSA) is 56.4 Å². The maximum absolute atomic E-state index is 12.3. The summed E-state index contributed by atoms with van der Waals surface area (Å²) in [7, 11) is 2.08. The predicted octanol–water partition coefficient (Wildman–Crippen LogP) is 1.24. The molecule has 0 aromatic carbocycles. The van der Waals surface area contributed by atoms with Crippen LogP contribution in [0, 0.1) is 0 Å². The third-order valence-corrected chi connectivity index (χ3v) is 4.62. The highest BCUT2D eigenvalue weighted by Crippen LogP contribution is 2.25. The van der Waals surface area contributed by atoms with Gasteiger partial charge in [0.15, 0.2) is 5.78 Å². The lowest BCUT2D eigenvalue weighted by atomic mass is 9.92. The van der Waals surface area contributed by atoms with E-state index in [0.717, 1.165) is 55.8 Å². The van der Waals surface area contributed by atoms with Crippen LogP contribution in [0.2, 0.25) is 0 Å². The molecule has 0 saturated carbocycles. The van der Waals surface area contributed by atoms with Gasteiger partial charge in [0.1, 0.15) is 0 Å². The van der Waals surface area contributed by atoms with E-state index in [1.165, 1.54) is 0 Å². The van der Waals surface area contributed by atoms with Crippen molar-refractivity contribution in [3.05, 3.63) is 23.0 Å². The van der Waals surface area contributed by atoms with E-state index in [1.807, 2.05) is 11.1 Å². The van der Waals surface area contributed by atoms with Gasteiger partial charge in [-0.2, -0.15) is 0 Å². The van der Waals surface area contributed by atoms with Crippen molar-refractivity contribution in [2.45, 2.75) is 32.1 Å². The van der Waals surface area contributed by atoms with Crippen molar-refractivity contribution < 1.29 is 9.59 Å². The minimum atomic E-state index is 0.210. The van der Waals surface area contributed by atoms with E-state index < -0.39 is 0 Å². The second-order valence-electron chi connectivity index (χ2n) is 6.13. The number of fused-ring (bicyclic) bond motifs is 1. The van der Waals surface area contributed by atoms with Crippen molar-refractivity contribution in [3.63, 3.8) is 0 Å². The van der Waals surface area contributed by atoms with Gasteiger partial charge in [-0.3, -0.25) is 9.59 Å². The molecular formula is C16H23N3O2. The van der Waals surface area contributed by atoms with Gasteiger partial charge in [-0.1, -0.05) is 0 Å². The Kier molecular flexibility index (Phi) is 4.10. The second kappa shape index (κ2) is 6.02. The lowest BCUT2D eigenvalue weighted by molar-refractivity contribution is -0.132. The van der Waals surface area contributed by atoms with Gasteiger partial charge >= 0.3 is 0 Å². The number of nitrogens with zero attached hydrogens (tertiary/aromatic N) is 2. The zero-order chi connectivity index (χ0) is 14.8. The largest absolute Gasteiger partial charge is 0.364 e. The van der Waals surface area contributed by atoms with Gasteiger partial charge < -0.3 is 14.8 Å². The Morgan fingerprint density at radius 3 is 2.76 bits per heavy atom. The maximum atomic E-state index is 12.3. The number of aromatic nitrogens is 1. The molecule has 1 N–H and O–H groups in total. The fraction of sp³-hybridized carbons (Fsp3) is 0.625. The van der Waals surface area contributed by atoms with Crippen LogP contribution in [0.1, 0.15) is 40.9 Å². The molecular weight excluding hydrogens is 266 g/mol. The van der Waals surface area contributed by atoms with Crippen molar-refractivity contribution in [2.24, 2.45) is 0 Å². The van der Waals surface area contributed by atoms with Gasteiger partial charge in [0.2, 0.25) is 5.91 Å². The molecule has 2 heterocycles. The van der Waals surface area contributed by atoms with Crippen LogP contribution in [0.3, 0.4) is 0 Å². The number of carbonyl (C=O) groups is 2. The third kappa shape index (κ3) is 3.02. The first-order chi connectivity index (χ1) is 10.1. The first-order valence-electron chi connectivity index (χ1n) is 7.84. The molecule has 0 radical (unpaired) electrons. The van der Waals surface area contributed by atoms with E-state index in [4.69, 9.17) is 0 Å². The zero-order valence-corrected chi connectivity index (χ0v) is 12.7. The molecule has 1 aliphatic carbocycles. The van der Waals surface area contributed by atoms with E-state index >= 15 is 0 Å². The van der Waals surface area contributed by atoms with Crippen LogP contribution in [0.4, 0.5) is 0 Å². The number of amides is 1. The average Bonchev–Trinajstić information content (AvgIpc) is 2.90. The summed E-state index contributed by atoms with van der Waals surface area (Å²) in [5, 5.41) is 0. The number of rotatable bonds is 3. The highest BCUT2D eigenvalue weighted by molar-refractivity contribution is 5.99. The fourth-order valence-electron chi connectivity index (χ4n) is 3.26. The van der Waals surface area contributed by atoms with E-state index in [1.54, 1.807) is 0 Å². The quantitative estimate of drug-likeness (QED) is 0.911. The Labute approximate surface area is 125 Å². The van der Waals surface area contributed by atoms with Crippen molar-refractivity contribution in [1.29, 1.82) is 0 Å². The number of aryl methyl sites for hydroxylation is 2. The van der Waals surface area contributed by atoms with Gasteiger partial charge in [0.25, 0.3) is 0 Å². The average molecular weight is 289 g/mol. The standard InChI is InChI=1S/C16H23N3O2/c1-18-7-9-19(10-8-18)15(21)6-5-12-11-17-13-3-2-4-14(20)16(12)13/h11,17H,2-10H2,1H3. The molecule has 1 amide bonds. The van der Waals surface area contributed by atoms with E-state index in [2.05, 4.69) is 16.9 Å². The van der Waals surface area contributed by atoms with Crippen LogP contribution in [-0.2, 0) is 17.6 Å². The number of hydrogen-bond acceptors (Lipinski definition) is 3. The molecule has 5 heteroatoms. The molecule has 1 aliphatic heterocycles. The number of H-pyrrole nitrogens is 1. The lowest BCUT2D eigenvalue weighted by Gasteiger charge is -2.32. The van der Waals surface area contributed by atoms with Crippen molar-refractivity contribution in [2.75, 3.05) is 33.2 Å². The molecule has 0 atom stereocenters. The molecule has 0 unspecified atom stereocenters. The van der Waals surface area contributed by atoms with E-state index in [0.29, 0.717) is 19.3 Å². The molecule has 21 heavy (non-hydrogen) atoms. The number of piperazine rings is 1. The molecule has 1 fully saturated rings. The summed E-state index contributed by atoms with van der Waals surface area (Å²) in [5.74, 6) is 0.445. The highest BCUT2D eigenvalue weighted by Gasteiger charge is 2.24. The summed E-state index contributed by atoms with van der Waals surface area (Å²) in [6.45, 7) is 3.53. The molecule has 114 valence electrons. The Balaban J connectivity index is 1.59. The second-order valence-corrected chi connectivity index (χ2v) is 6.13. The number of ketones is 1. The molecule has 1 aromatic heterocycles. The summed E-state index contributed by atoms with van der Waals surface area (Å²) in [5.41, 5.74) is 2.96. The van der Waals surface area contributed by atoms with Crippen LogP contribution in [0.15, 0.2) is 6.20 Å². The summed E-state index contributed by atoms with van der Waals surface area (Å²) in [4.78, 5) is 31.7. The number of Topliss-reactive ketones (excluding diaryl/α,β-unsaturated/α-hetero) is 1. The van der Waals surface area contributed by atoms with Crippen LogP contribution >= 0.6 is 0 Å². The Hall–Kier alpha value is -1.62. The van der Waals surface area contributed by atoms with Gasteiger partial charge in [-0.15, -0.1) is 0 Å². The van der Waals surface area contributed by atoms with Crippen LogP contribution in [0.5, 0.6) is 0 Å². The molecule has 1 aromatic rings. The Morgan fingerprint density at radius 1 is 1.24 bits per heavy atom. The minimum absolute atomic E-state index is 0.210. The van der Waals surface area contributed by atoms with Gasteiger partial charge in [0, 0.05) is 56.5 Å². The zero-order valence-electron chi connectivity index (χ0n) is 12.7. The number of carbonyl (C=O) groups excluding carboxylic acids is 2. The first-order valence-corrected chi connectivity index (χ1v) is 7.84. The molecule has 3 rings (SSSR count). The van der Waals surface area contributed by atoms with Gasteiger partial charge in [0.05, 0.1) is 0 Å². The Morgan fingerprint density at radius 2 is 2.00 bits per heavy atom. The molecule has 0 bridgehead atoms. The molecule has 5 nitrogen and oxygen atoms in total. The lowest BCUT2D eigenvalue weighted by Crippen LogP contribution is -2.47. The van der Waals surface area contributed by atoms with E-state index in [-0.39, 0.29) is 11.7 Å². The van der Waals surface area contributed by atoms with Crippen LogP contribution in [-0.4, -0.2) is 59.7 Å². The normalized spacial score (nSPS) is 19.7. The monoisotopic (exact) mass is 289 g/mol. The van der Waals surface area contributed by atoms with Gasteiger partial charge in [-0.05, 0) is 31.9 Å². The third-order valence-electron chi connectivity index (χ3n) is 4.62. The summed E-state index contributed by atoms with van der Waals surface area (Å²) >= 11 is 0. The van der Waals surface area contributed by atoms with Crippen molar-refractivity contribution >= 4 is 11.7 Å². The molecule has 2 aliphatic rings. The van der Waals surface area contributed by atoms with Crippen LogP contribution in [0.25, 0.3) is 0 Å². The maximum Gasteiger partial charge on any atom is 0.222 e. The fourth-order valence-corrected chi connectivity index (χ4v) is 3.26. The minimum Gasteiger partial charge on any atom is -0.364 e. The van der Waals surface area contributed by atoms with E-state index in [9.17, 15) is 9.59 Å². The molecule has 0 spiro atoms. The predicted molar refractivity (Wildman–Crippen MR) is 80.5 cm³/mol. The number of hydrogen-bond donors (Lipinski definition) is 1. The molecule has 1 saturated heterocycles. The number of likely N-dealkylation sites (N-methyl/N-ethyl adjacent to an activating group) is 1. The Bertz CT molecular complexity index is 542. The SMILES string of the molecule is CN1CCN(C(=O)CCc2c[nH]c3c2C(=O)CCC3)CC1. The first kappa shape index (κ1) is 14.3. The number of nitrogens with one attached hydrogen (secondary N) is 1. The summed E-state index contributed by atoms with van der Waals surface area (Å²) < 4.78 is 0. The summed E-state index contributed by atoms with van der Waals surface area (Å²) in [6, 6.07) is 0. The van der Waals surface area contributed by atoms with Crippen LogP contribution < -0.4 is 0 Å². The van der Waals surface area contributed by atoms with Gasteiger partial charge in [-0.25, -0.2) is 0 Å². The summed E-state index contributed by atoms with van der Waals surface area (Å²) in [6.07, 6.45) is 5.62. The van der Waals surface area contributed by atoms with Crippen molar-refractivity contribution in [3.8, 4) is 0 Å². The smallest absolute Gasteiger partial charge is 0.222 e. The number of aromatic amines is 1. The highest BCUT2D eigenvalue weighted by atomic mass is 16.2. The van der Waals surface area contributed by atoms with Crippen molar-refractivity contribution in [1.82, 2.24) is 14.8 Å².